The summed E-state index contributed by atoms with van der Waals surface area (Å²) in [6, 6.07) is 40.8. The van der Waals surface area contributed by atoms with Gasteiger partial charge in [-0.1, -0.05) is 141 Å². The standard InChI is InChI=1S/C23H27.C21H23.C2H6Si.2ClH.Zr/c1-6-16(2)19-14-18-8-7-9-21(22(18)15-19)17-10-12-20(13-11-17)23(3,4)5;1-5-15-13-17-7-6-8-19(20(17)14-15)16-9-11-18(12-10-16)21(2,3)4;1-3-2;;;/h7-16H,6H2,1-5H3;6-14H,5H2,1-4H3;1-2H3;2*1H;/q2*-1;;;;+2/p-2. The molecular weight excluding hydrogens is 743 g/mol. The van der Waals surface area contributed by atoms with Crippen molar-refractivity contribution in [2.45, 2.75) is 105 Å². The van der Waals surface area contributed by atoms with E-state index in [1.54, 1.807) is 23.3 Å². The third kappa shape index (κ3) is 11.4. The summed E-state index contributed by atoms with van der Waals surface area (Å²) in [5, 5.41) is 5.46. The fourth-order valence-electron chi connectivity index (χ4n) is 6.08. The molecule has 6 aromatic carbocycles. The quantitative estimate of drug-likeness (QED) is 0.123. The van der Waals surface area contributed by atoms with E-state index in [4.69, 9.17) is 0 Å². The number of halogens is 2. The van der Waals surface area contributed by atoms with Gasteiger partial charge in [0, 0.05) is 0 Å². The maximum absolute atomic E-state index is 2.39. The van der Waals surface area contributed by atoms with Crippen LogP contribution in [0.2, 0.25) is 13.1 Å². The zero-order chi connectivity index (χ0) is 35.2. The zero-order valence-electron chi connectivity index (χ0n) is 32.1. The summed E-state index contributed by atoms with van der Waals surface area (Å²) in [6.07, 6.45) is 2.28. The summed E-state index contributed by atoms with van der Waals surface area (Å²) < 4.78 is 0. The van der Waals surface area contributed by atoms with Crippen LogP contribution in [0.5, 0.6) is 0 Å². The van der Waals surface area contributed by atoms with E-state index in [0.717, 1.165) is 6.42 Å². The third-order valence-corrected chi connectivity index (χ3v) is 9.30. The van der Waals surface area contributed by atoms with Crippen molar-refractivity contribution in [3.8, 4) is 22.3 Å². The van der Waals surface area contributed by atoms with Crippen LogP contribution in [-0.2, 0) is 40.6 Å². The summed E-state index contributed by atoms with van der Waals surface area (Å²) in [5.74, 6) is 0.624. The Morgan fingerprint density at radius 1 is 0.620 bits per heavy atom. The SMILES string of the molecule is CCC(C)c1cc2c(-c3ccc(C(C)(C)C)cc3)cccc2[cH-]1.CCc1cc2c(-c3ccc(C(C)(C)C)cc3)cccc2[cH-]1.C[Si](C)=[Zr+2].[Cl-].[Cl-]. The van der Waals surface area contributed by atoms with Crippen molar-refractivity contribution < 1.29 is 48.1 Å². The van der Waals surface area contributed by atoms with Gasteiger partial charge in [-0.05, 0) is 45.4 Å². The van der Waals surface area contributed by atoms with Crippen molar-refractivity contribution in [1.82, 2.24) is 0 Å². The molecule has 0 saturated heterocycles. The zero-order valence-corrected chi connectivity index (χ0v) is 37.1. The van der Waals surface area contributed by atoms with Crippen LogP contribution >= 0.6 is 0 Å². The van der Waals surface area contributed by atoms with Crippen molar-refractivity contribution in [3.05, 3.63) is 131 Å². The molecule has 0 aliphatic rings. The van der Waals surface area contributed by atoms with Crippen LogP contribution in [0.15, 0.2) is 109 Å². The Kier molecular flexibility index (Phi) is 16.7. The van der Waals surface area contributed by atoms with Crippen LogP contribution in [-0.4, -0.2) is 5.43 Å². The number of hydrogen-bond donors (Lipinski definition) is 0. The number of benzene rings is 4. The average molecular weight is 799 g/mol. The van der Waals surface area contributed by atoms with Crippen LogP contribution in [0.3, 0.4) is 0 Å². The largest absolute Gasteiger partial charge is 1.00 e. The Hall–Kier alpha value is -2.22. The number of rotatable bonds is 5. The predicted octanol–water partition coefficient (Wildman–Crippen LogP) is 7.91. The fourth-order valence-corrected chi connectivity index (χ4v) is 6.08. The molecule has 50 heavy (non-hydrogen) atoms. The molecule has 0 nitrogen and oxygen atoms in total. The molecule has 4 heteroatoms. The normalized spacial score (nSPS) is 11.8. The number of fused-ring (bicyclic) bond motifs is 2. The molecule has 6 rings (SSSR count). The van der Waals surface area contributed by atoms with E-state index in [2.05, 4.69) is 185 Å². The van der Waals surface area contributed by atoms with Crippen molar-refractivity contribution in [1.29, 1.82) is 0 Å². The first-order chi connectivity index (χ1) is 22.6. The number of hydrogen-bond acceptors (Lipinski definition) is 0. The smallest absolute Gasteiger partial charge is 1.00 e. The van der Waals surface area contributed by atoms with Crippen LogP contribution < -0.4 is 24.8 Å². The molecule has 0 amide bonds. The maximum Gasteiger partial charge on any atom is -1.00 e. The Bertz CT molecular complexity index is 1940. The van der Waals surface area contributed by atoms with E-state index in [1.807, 2.05) is 0 Å². The molecule has 264 valence electrons. The van der Waals surface area contributed by atoms with Gasteiger partial charge in [0.15, 0.2) is 0 Å². The van der Waals surface area contributed by atoms with Crippen LogP contribution in [0, 0.1) is 0 Å². The molecule has 0 N–H and O–H groups in total. The molecule has 0 aliphatic heterocycles. The number of aryl methyl sites for hydroxylation is 1. The average Bonchev–Trinajstić information content (AvgIpc) is 3.68. The molecule has 0 heterocycles. The summed E-state index contributed by atoms with van der Waals surface area (Å²) in [5.41, 5.74) is 11.6. The Morgan fingerprint density at radius 2 is 1.02 bits per heavy atom. The van der Waals surface area contributed by atoms with Gasteiger partial charge in [0.1, 0.15) is 0 Å². The first-order valence-electron chi connectivity index (χ1n) is 17.7. The molecule has 0 aromatic heterocycles. The molecule has 0 bridgehead atoms. The van der Waals surface area contributed by atoms with Crippen molar-refractivity contribution in [2.75, 3.05) is 0 Å². The summed E-state index contributed by atoms with van der Waals surface area (Å²) in [6.45, 7) is 25.0. The van der Waals surface area contributed by atoms with Crippen LogP contribution in [0.1, 0.15) is 96.9 Å². The van der Waals surface area contributed by atoms with Gasteiger partial charge in [-0.15, -0.1) is 69.1 Å². The van der Waals surface area contributed by atoms with Gasteiger partial charge < -0.3 is 24.8 Å². The van der Waals surface area contributed by atoms with Crippen molar-refractivity contribution in [2.24, 2.45) is 0 Å². The topological polar surface area (TPSA) is 0 Å². The molecule has 0 spiro atoms. The molecule has 0 radical (unpaired) electrons. The molecule has 1 unspecified atom stereocenters. The van der Waals surface area contributed by atoms with E-state index in [0.29, 0.717) is 5.92 Å². The summed E-state index contributed by atoms with van der Waals surface area (Å²) in [4.78, 5) is 0. The summed E-state index contributed by atoms with van der Waals surface area (Å²) in [7, 11) is 0. The molecule has 6 aromatic rings. The van der Waals surface area contributed by atoms with E-state index in [-0.39, 0.29) is 41.1 Å². The first kappa shape index (κ1) is 43.9. The minimum Gasteiger partial charge on any atom is -1.00 e. The molecule has 1 atom stereocenters. The van der Waals surface area contributed by atoms with E-state index in [9.17, 15) is 0 Å². The minimum absolute atomic E-state index is 0. The van der Waals surface area contributed by atoms with Gasteiger partial charge in [-0.2, -0.15) is 12.1 Å². The van der Waals surface area contributed by atoms with Gasteiger partial charge in [-0.3, -0.25) is 0 Å². The third-order valence-electron chi connectivity index (χ3n) is 9.30. The monoisotopic (exact) mass is 796 g/mol. The second kappa shape index (κ2) is 19.0. The molecule has 0 saturated carbocycles. The second-order valence-electron chi connectivity index (χ2n) is 15.6. The first-order valence-corrected chi connectivity index (χ1v) is 23.9. The Labute approximate surface area is 331 Å². The fraction of sp³-hybridized carbons (Fsp3) is 0.348. The maximum atomic E-state index is 2.39. The van der Waals surface area contributed by atoms with Gasteiger partial charge in [0.05, 0.1) is 0 Å². The van der Waals surface area contributed by atoms with Crippen LogP contribution in [0.25, 0.3) is 43.8 Å². The second-order valence-corrected chi connectivity index (χ2v) is 25.0. The van der Waals surface area contributed by atoms with Gasteiger partial charge in [0.25, 0.3) is 0 Å². The van der Waals surface area contributed by atoms with Gasteiger partial charge >= 0.3 is 41.9 Å². The van der Waals surface area contributed by atoms with E-state index >= 15 is 0 Å². The predicted molar refractivity (Wildman–Crippen MR) is 213 cm³/mol. The van der Waals surface area contributed by atoms with Crippen LogP contribution in [0.4, 0.5) is 0 Å². The van der Waals surface area contributed by atoms with E-state index in [1.165, 1.54) is 72.5 Å². The minimum atomic E-state index is 0. The van der Waals surface area contributed by atoms with Gasteiger partial charge in [0.2, 0.25) is 0 Å². The molecular formula is C46H56Cl2SiZr-2. The molecule has 0 fully saturated rings. The van der Waals surface area contributed by atoms with Crippen molar-refractivity contribution >= 4 is 27.0 Å². The molecule has 0 aliphatic carbocycles. The van der Waals surface area contributed by atoms with Gasteiger partial charge in [-0.25, -0.2) is 0 Å². The summed E-state index contributed by atoms with van der Waals surface area (Å²) >= 11 is 1.74. The Balaban J connectivity index is 0.000000303. The Morgan fingerprint density at radius 3 is 1.40 bits per heavy atom. The van der Waals surface area contributed by atoms with Crippen molar-refractivity contribution in [3.63, 3.8) is 0 Å². The van der Waals surface area contributed by atoms with E-state index < -0.39 is 0 Å².